The maximum Gasteiger partial charge on any atom is 0.341 e. The minimum absolute atomic E-state index is 0.163. The average Bonchev–Trinajstić information content (AvgIpc) is 2.52. The molecule has 2 N–H and O–H groups in total. The van der Waals surface area contributed by atoms with E-state index in [2.05, 4.69) is 4.74 Å². The number of hydrogen-bond acceptors (Lipinski definition) is 5. The molecule has 0 bridgehead atoms. The number of nitrogens with two attached hydrogens (primary N) is 1. The van der Waals surface area contributed by atoms with E-state index in [-0.39, 0.29) is 11.5 Å². The summed E-state index contributed by atoms with van der Waals surface area (Å²) in [6, 6.07) is 0. The van der Waals surface area contributed by atoms with Crippen LogP contribution >= 0.6 is 11.3 Å². The van der Waals surface area contributed by atoms with Gasteiger partial charge in [0.25, 0.3) is 5.91 Å². The molecule has 1 heterocycles. The number of ether oxygens (including phenoxy) is 1. The summed E-state index contributed by atoms with van der Waals surface area (Å²) in [5.74, 6) is -0.673. The number of esters is 1. The molecule has 0 aromatic carbocycles. The summed E-state index contributed by atoms with van der Waals surface area (Å²) in [6.07, 6.45) is 0. The van der Waals surface area contributed by atoms with Gasteiger partial charge in [-0.3, -0.25) is 4.79 Å². The molecule has 0 fully saturated rings. The number of nitrogens with zero attached hydrogens (tertiary/aromatic N) is 1. The summed E-state index contributed by atoms with van der Waals surface area (Å²) in [4.78, 5) is 25.1. The Labute approximate surface area is 97.8 Å². The second-order valence-electron chi connectivity index (χ2n) is 3.49. The van der Waals surface area contributed by atoms with Crippen LogP contribution in [0.4, 0.5) is 5.00 Å². The summed E-state index contributed by atoms with van der Waals surface area (Å²) in [6.45, 7) is 1.69. The normalized spacial score (nSPS) is 10.0. The molecule has 1 amide bonds. The van der Waals surface area contributed by atoms with E-state index in [4.69, 9.17) is 5.73 Å². The zero-order valence-electron chi connectivity index (χ0n) is 9.66. The molecule has 0 aliphatic carbocycles. The molecule has 1 rings (SSSR count). The molecule has 0 aliphatic rings. The first-order chi connectivity index (χ1) is 7.40. The third-order valence-electron chi connectivity index (χ3n) is 2.16. The number of carbonyl (C=O) groups excluding carboxylic acids is 2. The van der Waals surface area contributed by atoms with Crippen molar-refractivity contribution in [2.45, 2.75) is 6.92 Å². The Hall–Kier alpha value is -1.56. The Balaban J connectivity index is 3.27. The van der Waals surface area contributed by atoms with Gasteiger partial charge in [0.1, 0.15) is 5.00 Å². The predicted molar refractivity (Wildman–Crippen MR) is 62.8 cm³/mol. The van der Waals surface area contributed by atoms with E-state index < -0.39 is 5.97 Å². The predicted octanol–water partition coefficient (Wildman–Crippen LogP) is 1.13. The highest BCUT2D eigenvalue weighted by Crippen LogP contribution is 2.31. The van der Waals surface area contributed by atoms with Gasteiger partial charge in [-0.1, -0.05) is 0 Å². The van der Waals surface area contributed by atoms with Crippen LogP contribution in [-0.2, 0) is 4.74 Å². The number of anilines is 1. The lowest BCUT2D eigenvalue weighted by atomic mass is 10.1. The largest absolute Gasteiger partial charge is 0.465 e. The number of methoxy groups -OCH3 is 1. The van der Waals surface area contributed by atoms with Gasteiger partial charge in [0.15, 0.2) is 0 Å². The van der Waals surface area contributed by atoms with E-state index >= 15 is 0 Å². The van der Waals surface area contributed by atoms with E-state index in [0.29, 0.717) is 15.4 Å². The number of rotatable bonds is 2. The standard InChI is InChI=1S/C10H14N2O3S/c1-5-6(10(14)15-4)8(11)16-7(5)9(13)12(2)3/h11H2,1-4H3. The highest BCUT2D eigenvalue weighted by molar-refractivity contribution is 7.18. The molecule has 0 aliphatic heterocycles. The van der Waals surface area contributed by atoms with Crippen molar-refractivity contribution >= 4 is 28.2 Å². The van der Waals surface area contributed by atoms with Crippen molar-refractivity contribution in [2.75, 3.05) is 26.9 Å². The van der Waals surface area contributed by atoms with Crippen molar-refractivity contribution in [3.05, 3.63) is 16.0 Å². The second-order valence-corrected chi connectivity index (χ2v) is 4.54. The molecule has 0 saturated heterocycles. The van der Waals surface area contributed by atoms with E-state index in [9.17, 15) is 9.59 Å². The zero-order valence-corrected chi connectivity index (χ0v) is 10.5. The van der Waals surface area contributed by atoms with Gasteiger partial charge in [0.05, 0.1) is 17.6 Å². The van der Waals surface area contributed by atoms with Gasteiger partial charge in [0, 0.05) is 14.1 Å². The number of amides is 1. The molecule has 0 radical (unpaired) electrons. The SMILES string of the molecule is COC(=O)c1c(N)sc(C(=O)N(C)C)c1C. The molecule has 88 valence electrons. The summed E-state index contributed by atoms with van der Waals surface area (Å²) in [7, 11) is 4.58. The summed E-state index contributed by atoms with van der Waals surface area (Å²) in [5.41, 5.74) is 6.57. The first kappa shape index (κ1) is 12.5. The lowest BCUT2D eigenvalue weighted by Gasteiger charge is -2.08. The average molecular weight is 242 g/mol. The molecule has 0 unspecified atom stereocenters. The monoisotopic (exact) mass is 242 g/mol. The summed E-state index contributed by atoms with van der Waals surface area (Å²) >= 11 is 1.11. The van der Waals surface area contributed by atoms with E-state index in [1.165, 1.54) is 12.0 Å². The molecule has 0 spiro atoms. The van der Waals surface area contributed by atoms with Crippen molar-refractivity contribution in [1.29, 1.82) is 0 Å². The summed E-state index contributed by atoms with van der Waals surface area (Å²) < 4.78 is 4.61. The molecule has 5 nitrogen and oxygen atoms in total. The fourth-order valence-corrected chi connectivity index (χ4v) is 2.38. The fourth-order valence-electron chi connectivity index (χ4n) is 1.30. The van der Waals surface area contributed by atoms with Crippen LogP contribution in [0.1, 0.15) is 25.6 Å². The summed E-state index contributed by atoms with van der Waals surface area (Å²) in [5, 5.41) is 0.314. The van der Waals surface area contributed by atoms with E-state index in [1.54, 1.807) is 21.0 Å². The van der Waals surface area contributed by atoms with Crippen molar-refractivity contribution in [3.8, 4) is 0 Å². The smallest absolute Gasteiger partial charge is 0.341 e. The van der Waals surface area contributed by atoms with Crippen LogP contribution in [0.3, 0.4) is 0 Å². The van der Waals surface area contributed by atoms with Crippen molar-refractivity contribution in [1.82, 2.24) is 4.90 Å². The second kappa shape index (κ2) is 4.52. The lowest BCUT2D eigenvalue weighted by Crippen LogP contribution is -2.21. The van der Waals surface area contributed by atoms with E-state index in [0.717, 1.165) is 11.3 Å². The topological polar surface area (TPSA) is 72.6 Å². The van der Waals surface area contributed by atoms with Crippen LogP contribution in [0.15, 0.2) is 0 Å². The first-order valence-corrected chi connectivity index (χ1v) is 5.40. The molecular weight excluding hydrogens is 228 g/mol. The molecule has 6 heteroatoms. The number of carbonyl (C=O) groups is 2. The van der Waals surface area contributed by atoms with Crippen LogP contribution in [0.2, 0.25) is 0 Å². The molecular formula is C10H14N2O3S. The fraction of sp³-hybridized carbons (Fsp3) is 0.400. The number of hydrogen-bond donors (Lipinski definition) is 1. The van der Waals surface area contributed by atoms with Crippen LogP contribution < -0.4 is 5.73 Å². The molecule has 1 aromatic rings. The Morgan fingerprint density at radius 1 is 1.38 bits per heavy atom. The Bertz CT molecular complexity index is 438. The van der Waals surface area contributed by atoms with Crippen LogP contribution in [0.5, 0.6) is 0 Å². The molecule has 1 aromatic heterocycles. The highest BCUT2D eigenvalue weighted by Gasteiger charge is 2.24. The third kappa shape index (κ3) is 2.01. The van der Waals surface area contributed by atoms with Gasteiger partial charge in [-0.05, 0) is 12.5 Å². The van der Waals surface area contributed by atoms with Gasteiger partial charge in [-0.15, -0.1) is 11.3 Å². The van der Waals surface area contributed by atoms with Gasteiger partial charge in [-0.2, -0.15) is 0 Å². The maximum atomic E-state index is 11.8. The third-order valence-corrected chi connectivity index (χ3v) is 3.27. The minimum atomic E-state index is -0.510. The van der Waals surface area contributed by atoms with Crippen LogP contribution in [-0.4, -0.2) is 38.0 Å². The minimum Gasteiger partial charge on any atom is -0.465 e. The Morgan fingerprint density at radius 2 is 1.94 bits per heavy atom. The van der Waals surface area contributed by atoms with Crippen molar-refractivity contribution in [3.63, 3.8) is 0 Å². The number of nitrogen functional groups attached to an aromatic ring is 1. The van der Waals surface area contributed by atoms with Crippen molar-refractivity contribution < 1.29 is 14.3 Å². The van der Waals surface area contributed by atoms with Gasteiger partial charge >= 0.3 is 5.97 Å². The van der Waals surface area contributed by atoms with Gasteiger partial charge in [-0.25, -0.2) is 4.79 Å². The van der Waals surface area contributed by atoms with Crippen LogP contribution in [0, 0.1) is 6.92 Å². The number of thiophene rings is 1. The Kier molecular flexibility index (Phi) is 3.54. The molecule has 0 atom stereocenters. The first-order valence-electron chi connectivity index (χ1n) is 4.59. The van der Waals surface area contributed by atoms with Gasteiger partial charge in [0.2, 0.25) is 0 Å². The van der Waals surface area contributed by atoms with Gasteiger partial charge < -0.3 is 15.4 Å². The highest BCUT2D eigenvalue weighted by atomic mass is 32.1. The molecule has 0 saturated carbocycles. The van der Waals surface area contributed by atoms with Crippen molar-refractivity contribution in [2.24, 2.45) is 0 Å². The Morgan fingerprint density at radius 3 is 2.38 bits per heavy atom. The molecule has 16 heavy (non-hydrogen) atoms. The van der Waals surface area contributed by atoms with E-state index in [1.807, 2.05) is 0 Å². The van der Waals surface area contributed by atoms with Crippen LogP contribution in [0.25, 0.3) is 0 Å². The maximum absolute atomic E-state index is 11.8. The lowest BCUT2D eigenvalue weighted by molar-refractivity contribution is 0.0601. The zero-order chi connectivity index (χ0) is 12.5. The quantitative estimate of drug-likeness (QED) is 0.789.